The highest BCUT2D eigenvalue weighted by molar-refractivity contribution is 14.0. The van der Waals surface area contributed by atoms with Gasteiger partial charge in [0.1, 0.15) is 6.10 Å². The highest BCUT2D eigenvalue weighted by Crippen LogP contribution is 2.30. The van der Waals surface area contributed by atoms with Gasteiger partial charge in [0.2, 0.25) is 0 Å². The number of guanidine groups is 1. The first-order valence-electron chi connectivity index (χ1n) is 10.4. The first-order chi connectivity index (χ1) is 15.1. The van der Waals surface area contributed by atoms with Crippen molar-refractivity contribution >= 4 is 47.2 Å². The lowest BCUT2D eigenvalue weighted by molar-refractivity contribution is -0.124. The maximum absolute atomic E-state index is 12.3. The van der Waals surface area contributed by atoms with E-state index < -0.39 is 0 Å². The van der Waals surface area contributed by atoms with Crippen LogP contribution >= 0.6 is 24.0 Å². The SMILES string of the molecule is CCOc1ccc(NC(=NC)NCc2cccc(NC(=O)C3CCCO3)c2)cc1OC.I. The standard InChI is InChI=1S/C23H30N4O4.HI/c1-4-30-19-11-10-18(14-21(19)29-3)27-23(24-2)25-15-16-7-5-8-17(13-16)26-22(28)20-9-6-12-31-20;/h5,7-8,10-11,13-14,20H,4,6,9,12,15H2,1-3H3,(H,26,28)(H2,24,25,27);1H. The molecule has 0 saturated carbocycles. The lowest BCUT2D eigenvalue weighted by atomic mass is 10.2. The normalized spacial score (nSPS) is 15.5. The van der Waals surface area contributed by atoms with Crippen molar-refractivity contribution < 1.29 is 19.0 Å². The van der Waals surface area contributed by atoms with Crippen molar-refractivity contribution in [3.05, 3.63) is 48.0 Å². The Balaban J connectivity index is 0.00000363. The molecule has 1 heterocycles. The molecule has 174 valence electrons. The molecule has 2 aromatic rings. The zero-order valence-electron chi connectivity index (χ0n) is 18.6. The second-order valence-corrected chi connectivity index (χ2v) is 7.04. The van der Waals surface area contributed by atoms with Crippen LogP contribution in [-0.2, 0) is 16.1 Å². The van der Waals surface area contributed by atoms with Crippen molar-refractivity contribution in [1.29, 1.82) is 0 Å². The quantitative estimate of drug-likeness (QED) is 0.260. The van der Waals surface area contributed by atoms with Gasteiger partial charge in [-0.3, -0.25) is 9.79 Å². The van der Waals surface area contributed by atoms with Gasteiger partial charge in [0, 0.05) is 37.6 Å². The van der Waals surface area contributed by atoms with Gasteiger partial charge in [-0.15, -0.1) is 24.0 Å². The van der Waals surface area contributed by atoms with Crippen LogP contribution in [0.25, 0.3) is 0 Å². The van der Waals surface area contributed by atoms with E-state index in [4.69, 9.17) is 14.2 Å². The molecule has 3 rings (SSSR count). The Kier molecular flexibility index (Phi) is 10.5. The molecule has 1 aliphatic rings. The maximum atomic E-state index is 12.3. The summed E-state index contributed by atoms with van der Waals surface area (Å²) in [5.74, 6) is 1.86. The predicted molar refractivity (Wildman–Crippen MR) is 137 cm³/mol. The fourth-order valence-electron chi connectivity index (χ4n) is 3.29. The summed E-state index contributed by atoms with van der Waals surface area (Å²) >= 11 is 0. The van der Waals surface area contributed by atoms with Gasteiger partial charge in [-0.05, 0) is 49.6 Å². The van der Waals surface area contributed by atoms with E-state index in [1.165, 1.54) is 0 Å². The van der Waals surface area contributed by atoms with Crippen LogP contribution in [-0.4, -0.2) is 45.3 Å². The van der Waals surface area contributed by atoms with Gasteiger partial charge in [0.25, 0.3) is 5.91 Å². The lowest BCUT2D eigenvalue weighted by Crippen LogP contribution is -2.30. The van der Waals surface area contributed by atoms with E-state index in [1.54, 1.807) is 14.2 Å². The summed E-state index contributed by atoms with van der Waals surface area (Å²) in [4.78, 5) is 16.5. The predicted octanol–water partition coefficient (Wildman–Crippen LogP) is 4.02. The number of carbonyl (C=O) groups is 1. The summed E-state index contributed by atoms with van der Waals surface area (Å²) in [6.45, 7) is 3.69. The largest absolute Gasteiger partial charge is 0.493 e. The molecule has 1 unspecified atom stereocenters. The van der Waals surface area contributed by atoms with Crippen LogP contribution in [0.4, 0.5) is 11.4 Å². The van der Waals surface area contributed by atoms with Gasteiger partial charge >= 0.3 is 0 Å². The minimum Gasteiger partial charge on any atom is -0.493 e. The highest BCUT2D eigenvalue weighted by Gasteiger charge is 2.23. The minimum atomic E-state index is -0.351. The third kappa shape index (κ3) is 7.27. The van der Waals surface area contributed by atoms with Crippen molar-refractivity contribution in [1.82, 2.24) is 5.32 Å². The first kappa shape index (κ1) is 25.7. The van der Waals surface area contributed by atoms with E-state index in [-0.39, 0.29) is 36.0 Å². The van der Waals surface area contributed by atoms with Crippen LogP contribution in [0.1, 0.15) is 25.3 Å². The van der Waals surface area contributed by atoms with Gasteiger partial charge in [0.15, 0.2) is 17.5 Å². The molecular formula is C23H31IN4O4. The summed E-state index contributed by atoms with van der Waals surface area (Å²) in [5, 5.41) is 9.45. The van der Waals surface area contributed by atoms with E-state index in [9.17, 15) is 4.79 Å². The number of ether oxygens (including phenoxy) is 3. The number of amides is 1. The zero-order valence-corrected chi connectivity index (χ0v) is 21.0. The minimum absolute atomic E-state index is 0. The Bertz CT molecular complexity index is 917. The van der Waals surface area contributed by atoms with Gasteiger partial charge in [-0.2, -0.15) is 0 Å². The molecule has 1 amide bonds. The number of aliphatic imine (C=N–C) groups is 1. The second-order valence-electron chi connectivity index (χ2n) is 7.04. The molecule has 1 atom stereocenters. The summed E-state index contributed by atoms with van der Waals surface area (Å²) in [6.07, 6.45) is 1.34. The Morgan fingerprint density at radius 2 is 1.97 bits per heavy atom. The van der Waals surface area contributed by atoms with E-state index in [0.717, 1.165) is 29.8 Å². The second kappa shape index (κ2) is 13.1. The number of anilines is 2. The van der Waals surface area contributed by atoms with Crippen LogP contribution in [0.3, 0.4) is 0 Å². The Morgan fingerprint density at radius 3 is 2.66 bits per heavy atom. The molecular weight excluding hydrogens is 523 g/mol. The van der Waals surface area contributed by atoms with Gasteiger partial charge in [-0.1, -0.05) is 12.1 Å². The number of methoxy groups -OCH3 is 1. The van der Waals surface area contributed by atoms with Crippen LogP contribution in [0.5, 0.6) is 11.5 Å². The summed E-state index contributed by atoms with van der Waals surface area (Å²) < 4.78 is 16.4. The lowest BCUT2D eigenvalue weighted by Gasteiger charge is -2.15. The first-order valence-corrected chi connectivity index (χ1v) is 10.4. The smallest absolute Gasteiger partial charge is 0.253 e. The molecule has 0 aromatic heterocycles. The Morgan fingerprint density at radius 1 is 1.16 bits per heavy atom. The van der Waals surface area contributed by atoms with Crippen molar-refractivity contribution in [3.8, 4) is 11.5 Å². The number of nitrogens with one attached hydrogen (secondary N) is 3. The number of nitrogens with zero attached hydrogens (tertiary/aromatic N) is 1. The Hall–Kier alpha value is -2.53. The molecule has 0 aliphatic carbocycles. The molecule has 32 heavy (non-hydrogen) atoms. The molecule has 1 saturated heterocycles. The van der Waals surface area contributed by atoms with Gasteiger partial charge in [0.05, 0.1) is 13.7 Å². The third-order valence-electron chi connectivity index (χ3n) is 4.83. The molecule has 9 heteroatoms. The van der Waals surface area contributed by atoms with E-state index in [1.807, 2.05) is 49.4 Å². The topological polar surface area (TPSA) is 93.2 Å². The van der Waals surface area contributed by atoms with E-state index >= 15 is 0 Å². The van der Waals surface area contributed by atoms with Crippen molar-refractivity contribution in [2.75, 3.05) is 38.0 Å². The molecule has 2 aromatic carbocycles. The molecule has 0 bridgehead atoms. The van der Waals surface area contributed by atoms with Crippen LogP contribution in [0.2, 0.25) is 0 Å². The van der Waals surface area contributed by atoms with Crippen LogP contribution < -0.4 is 25.4 Å². The number of halogens is 1. The third-order valence-corrected chi connectivity index (χ3v) is 4.83. The molecule has 0 spiro atoms. The average molecular weight is 554 g/mol. The number of hydrogen-bond donors (Lipinski definition) is 3. The van der Waals surface area contributed by atoms with Gasteiger partial charge in [-0.25, -0.2) is 0 Å². The van der Waals surface area contributed by atoms with E-state index in [2.05, 4.69) is 20.9 Å². The molecule has 1 fully saturated rings. The number of hydrogen-bond acceptors (Lipinski definition) is 5. The summed E-state index contributed by atoms with van der Waals surface area (Å²) in [5.41, 5.74) is 2.59. The maximum Gasteiger partial charge on any atom is 0.253 e. The number of rotatable bonds is 8. The zero-order chi connectivity index (χ0) is 22.1. The Labute approximate surface area is 206 Å². The summed E-state index contributed by atoms with van der Waals surface area (Å²) in [7, 11) is 3.32. The number of carbonyl (C=O) groups excluding carboxylic acids is 1. The number of benzene rings is 2. The molecule has 0 radical (unpaired) electrons. The highest BCUT2D eigenvalue weighted by atomic mass is 127. The van der Waals surface area contributed by atoms with Crippen LogP contribution in [0, 0.1) is 0 Å². The summed E-state index contributed by atoms with van der Waals surface area (Å²) in [6, 6.07) is 13.3. The van der Waals surface area contributed by atoms with Gasteiger partial charge < -0.3 is 30.2 Å². The average Bonchev–Trinajstić information content (AvgIpc) is 3.33. The fourth-order valence-corrected chi connectivity index (χ4v) is 3.29. The van der Waals surface area contributed by atoms with Crippen molar-refractivity contribution in [2.45, 2.75) is 32.4 Å². The fraction of sp³-hybridized carbons (Fsp3) is 0.391. The van der Waals surface area contributed by atoms with Crippen molar-refractivity contribution in [2.24, 2.45) is 4.99 Å². The molecule has 8 nitrogen and oxygen atoms in total. The van der Waals surface area contributed by atoms with E-state index in [0.29, 0.717) is 37.2 Å². The van der Waals surface area contributed by atoms with Crippen LogP contribution in [0.15, 0.2) is 47.5 Å². The molecule has 3 N–H and O–H groups in total. The molecule has 1 aliphatic heterocycles. The monoisotopic (exact) mass is 554 g/mol. The van der Waals surface area contributed by atoms with Crippen molar-refractivity contribution in [3.63, 3.8) is 0 Å².